The molecular formula is C17H17NO3. The van der Waals surface area contributed by atoms with E-state index in [1.807, 2.05) is 30.3 Å². The monoisotopic (exact) mass is 283 g/mol. The van der Waals surface area contributed by atoms with Gasteiger partial charge in [-0.1, -0.05) is 25.1 Å². The first kappa shape index (κ1) is 14.8. The average molecular weight is 283 g/mol. The summed E-state index contributed by atoms with van der Waals surface area (Å²) in [7, 11) is 0. The molecule has 0 atom stereocenters. The molecule has 0 spiro atoms. The quantitative estimate of drug-likeness (QED) is 0.885. The second kappa shape index (κ2) is 7.24. The van der Waals surface area contributed by atoms with E-state index in [1.54, 1.807) is 31.2 Å². The molecule has 0 bridgehead atoms. The zero-order valence-electron chi connectivity index (χ0n) is 11.8. The molecule has 4 heteroatoms. The molecule has 0 fully saturated rings. The molecule has 0 aliphatic rings. The normalized spacial score (nSPS) is 9.95. The number of carbonyl (C=O) groups is 2. The van der Waals surface area contributed by atoms with Gasteiger partial charge in [0.2, 0.25) is 0 Å². The Bertz CT molecular complexity index is 606. The number of hydrogen-bond donors (Lipinski definition) is 1. The summed E-state index contributed by atoms with van der Waals surface area (Å²) in [6, 6.07) is 16.2. The largest absolute Gasteiger partial charge is 0.457 e. The standard InChI is InChI=1S/C17H17NO3/c1-2-14(19)12-18-17(20)13-8-10-16(11-9-13)21-15-6-4-3-5-7-15/h3-11H,2,12H2,1H3,(H,18,20). The molecule has 0 radical (unpaired) electrons. The van der Waals surface area contributed by atoms with Crippen LogP contribution in [0.1, 0.15) is 23.7 Å². The second-order valence-electron chi connectivity index (χ2n) is 4.51. The Morgan fingerprint density at radius 2 is 1.57 bits per heavy atom. The van der Waals surface area contributed by atoms with Crippen LogP contribution in [0, 0.1) is 0 Å². The van der Waals surface area contributed by atoms with Gasteiger partial charge in [-0.05, 0) is 36.4 Å². The predicted molar refractivity (Wildman–Crippen MR) is 80.6 cm³/mol. The number of ketones is 1. The molecule has 2 rings (SSSR count). The van der Waals surface area contributed by atoms with E-state index in [1.165, 1.54) is 0 Å². The van der Waals surface area contributed by atoms with Crippen molar-refractivity contribution >= 4 is 11.7 Å². The van der Waals surface area contributed by atoms with Crippen LogP contribution >= 0.6 is 0 Å². The SMILES string of the molecule is CCC(=O)CNC(=O)c1ccc(Oc2ccccc2)cc1. The van der Waals surface area contributed by atoms with E-state index in [-0.39, 0.29) is 18.2 Å². The van der Waals surface area contributed by atoms with Crippen LogP contribution in [0.25, 0.3) is 0 Å². The number of benzene rings is 2. The second-order valence-corrected chi connectivity index (χ2v) is 4.51. The third-order valence-electron chi connectivity index (χ3n) is 2.94. The van der Waals surface area contributed by atoms with Crippen molar-refractivity contribution in [2.75, 3.05) is 6.54 Å². The van der Waals surface area contributed by atoms with E-state index < -0.39 is 0 Å². The van der Waals surface area contributed by atoms with Crippen LogP contribution in [0.15, 0.2) is 54.6 Å². The summed E-state index contributed by atoms with van der Waals surface area (Å²) in [5.41, 5.74) is 0.499. The number of amides is 1. The van der Waals surface area contributed by atoms with Gasteiger partial charge in [0, 0.05) is 12.0 Å². The van der Waals surface area contributed by atoms with Crippen LogP contribution in [0.3, 0.4) is 0 Å². The van der Waals surface area contributed by atoms with Crippen molar-refractivity contribution in [3.8, 4) is 11.5 Å². The number of nitrogens with one attached hydrogen (secondary N) is 1. The zero-order valence-corrected chi connectivity index (χ0v) is 11.8. The first-order valence-electron chi connectivity index (χ1n) is 6.82. The molecule has 0 aliphatic heterocycles. The van der Waals surface area contributed by atoms with E-state index in [2.05, 4.69) is 5.32 Å². The van der Waals surface area contributed by atoms with Gasteiger partial charge in [0.05, 0.1) is 6.54 Å². The molecule has 2 aromatic carbocycles. The molecule has 4 nitrogen and oxygen atoms in total. The van der Waals surface area contributed by atoms with E-state index >= 15 is 0 Å². The highest BCUT2D eigenvalue weighted by Crippen LogP contribution is 2.20. The Morgan fingerprint density at radius 1 is 0.952 bits per heavy atom. The smallest absolute Gasteiger partial charge is 0.251 e. The summed E-state index contributed by atoms with van der Waals surface area (Å²) in [4.78, 5) is 23.0. The highest BCUT2D eigenvalue weighted by molar-refractivity contribution is 5.96. The van der Waals surface area contributed by atoms with Crippen LogP contribution in [-0.4, -0.2) is 18.2 Å². The molecule has 0 unspecified atom stereocenters. The Kier molecular flexibility index (Phi) is 5.10. The number of carbonyl (C=O) groups excluding carboxylic acids is 2. The van der Waals surface area contributed by atoms with Gasteiger partial charge >= 0.3 is 0 Å². The summed E-state index contributed by atoms with van der Waals surface area (Å²) in [5.74, 6) is 1.14. The molecule has 1 amide bonds. The lowest BCUT2D eigenvalue weighted by molar-refractivity contribution is -0.117. The van der Waals surface area contributed by atoms with Gasteiger partial charge in [-0.3, -0.25) is 9.59 Å². The summed E-state index contributed by atoms with van der Waals surface area (Å²) >= 11 is 0. The molecule has 0 saturated carbocycles. The summed E-state index contributed by atoms with van der Waals surface area (Å²) in [6.45, 7) is 1.84. The molecule has 0 aliphatic carbocycles. The number of para-hydroxylation sites is 1. The highest BCUT2D eigenvalue weighted by atomic mass is 16.5. The maximum Gasteiger partial charge on any atom is 0.251 e. The van der Waals surface area contributed by atoms with Crippen molar-refractivity contribution in [1.82, 2.24) is 5.32 Å². The van der Waals surface area contributed by atoms with Crippen molar-refractivity contribution < 1.29 is 14.3 Å². The number of ether oxygens (including phenoxy) is 1. The van der Waals surface area contributed by atoms with E-state index in [0.29, 0.717) is 17.7 Å². The molecule has 0 saturated heterocycles. The Morgan fingerprint density at radius 3 is 2.19 bits per heavy atom. The lowest BCUT2D eigenvalue weighted by Gasteiger charge is -2.07. The van der Waals surface area contributed by atoms with Crippen molar-refractivity contribution in [3.05, 3.63) is 60.2 Å². The fourth-order valence-electron chi connectivity index (χ4n) is 1.70. The van der Waals surface area contributed by atoms with Gasteiger partial charge in [0.25, 0.3) is 5.91 Å². The summed E-state index contributed by atoms with van der Waals surface area (Å²) in [6.07, 6.45) is 0.421. The predicted octanol–water partition coefficient (Wildman–Crippen LogP) is 3.19. The molecule has 0 heterocycles. The number of Topliss-reactive ketones (excluding diaryl/α,β-unsaturated/α-hetero) is 1. The topological polar surface area (TPSA) is 55.4 Å². The molecule has 0 aromatic heterocycles. The maximum atomic E-state index is 11.8. The van der Waals surface area contributed by atoms with Crippen LogP contribution < -0.4 is 10.1 Å². The van der Waals surface area contributed by atoms with Crippen molar-refractivity contribution in [1.29, 1.82) is 0 Å². The van der Waals surface area contributed by atoms with Crippen LogP contribution in [0.2, 0.25) is 0 Å². The molecule has 21 heavy (non-hydrogen) atoms. The molecule has 1 N–H and O–H groups in total. The highest BCUT2D eigenvalue weighted by Gasteiger charge is 2.07. The van der Waals surface area contributed by atoms with Gasteiger partial charge in [0.1, 0.15) is 11.5 Å². The van der Waals surface area contributed by atoms with Crippen molar-refractivity contribution in [2.45, 2.75) is 13.3 Å². The maximum absolute atomic E-state index is 11.8. The van der Waals surface area contributed by atoms with Crippen molar-refractivity contribution in [2.24, 2.45) is 0 Å². The summed E-state index contributed by atoms with van der Waals surface area (Å²) in [5, 5.41) is 2.59. The molecule has 108 valence electrons. The van der Waals surface area contributed by atoms with Crippen LogP contribution in [0.4, 0.5) is 0 Å². The van der Waals surface area contributed by atoms with E-state index in [4.69, 9.17) is 4.74 Å². The third-order valence-corrected chi connectivity index (χ3v) is 2.94. The lowest BCUT2D eigenvalue weighted by atomic mass is 10.2. The number of rotatable bonds is 6. The fourth-order valence-corrected chi connectivity index (χ4v) is 1.70. The fraction of sp³-hybridized carbons (Fsp3) is 0.176. The molecular weight excluding hydrogens is 266 g/mol. The van der Waals surface area contributed by atoms with Gasteiger partial charge in [-0.25, -0.2) is 0 Å². The lowest BCUT2D eigenvalue weighted by Crippen LogP contribution is -2.29. The first-order valence-corrected chi connectivity index (χ1v) is 6.82. The minimum absolute atomic E-state index is 0.00683. The summed E-state index contributed by atoms with van der Waals surface area (Å²) < 4.78 is 5.64. The van der Waals surface area contributed by atoms with Crippen LogP contribution in [0.5, 0.6) is 11.5 Å². The first-order chi connectivity index (χ1) is 10.2. The van der Waals surface area contributed by atoms with Crippen LogP contribution in [-0.2, 0) is 4.79 Å². The van der Waals surface area contributed by atoms with E-state index in [0.717, 1.165) is 5.75 Å². The zero-order chi connectivity index (χ0) is 15.1. The van der Waals surface area contributed by atoms with E-state index in [9.17, 15) is 9.59 Å². The Labute approximate surface area is 123 Å². The minimum Gasteiger partial charge on any atom is -0.457 e. The van der Waals surface area contributed by atoms with Gasteiger partial charge in [-0.2, -0.15) is 0 Å². The Balaban J connectivity index is 1.95. The van der Waals surface area contributed by atoms with Crippen molar-refractivity contribution in [3.63, 3.8) is 0 Å². The Hall–Kier alpha value is -2.62. The third kappa shape index (κ3) is 4.45. The number of hydrogen-bond acceptors (Lipinski definition) is 3. The van der Waals surface area contributed by atoms with Gasteiger partial charge in [0.15, 0.2) is 5.78 Å². The minimum atomic E-state index is -0.261. The van der Waals surface area contributed by atoms with Gasteiger partial charge in [-0.15, -0.1) is 0 Å². The molecule has 2 aromatic rings. The van der Waals surface area contributed by atoms with Gasteiger partial charge < -0.3 is 10.1 Å². The average Bonchev–Trinajstić information content (AvgIpc) is 2.54.